The molecule has 0 saturated heterocycles. The highest BCUT2D eigenvalue weighted by molar-refractivity contribution is 9.10. The molecule has 0 fully saturated rings. The Bertz CT molecular complexity index is 669. The van der Waals surface area contributed by atoms with E-state index in [1.165, 1.54) is 19.2 Å². The van der Waals surface area contributed by atoms with E-state index in [0.29, 0.717) is 19.3 Å². The lowest BCUT2D eigenvalue weighted by Gasteiger charge is -1.99. The van der Waals surface area contributed by atoms with Crippen molar-refractivity contribution in [2.24, 2.45) is 0 Å². The Hall–Kier alpha value is -2.21. The average molecular weight is 411 g/mol. The SMILES string of the molecule is COC(=O)CCc1ccc(F)cc1.O=C(O)CCc1ccc(Br)cc1. The van der Waals surface area contributed by atoms with E-state index in [0.717, 1.165) is 15.6 Å². The summed E-state index contributed by atoms with van der Waals surface area (Å²) in [5, 5.41) is 8.42. The Morgan fingerprint density at radius 1 is 0.960 bits per heavy atom. The normalized spacial score (nSPS) is 9.72. The summed E-state index contributed by atoms with van der Waals surface area (Å²) in [6.07, 6.45) is 1.72. The van der Waals surface area contributed by atoms with Crippen LogP contribution in [0.5, 0.6) is 0 Å². The number of carbonyl (C=O) groups is 2. The van der Waals surface area contributed by atoms with Crippen LogP contribution in [0.2, 0.25) is 0 Å². The number of carboxylic acids is 1. The van der Waals surface area contributed by atoms with Crippen molar-refractivity contribution in [1.29, 1.82) is 0 Å². The molecule has 2 rings (SSSR count). The topological polar surface area (TPSA) is 63.6 Å². The minimum absolute atomic E-state index is 0.196. The lowest BCUT2D eigenvalue weighted by molar-refractivity contribution is -0.140. The molecule has 2 aromatic carbocycles. The van der Waals surface area contributed by atoms with E-state index in [2.05, 4.69) is 20.7 Å². The first kappa shape index (κ1) is 20.8. The third-order valence-corrected chi connectivity index (χ3v) is 3.83. The number of carboxylic acid groups (broad SMARTS) is 1. The number of hydrogen-bond donors (Lipinski definition) is 1. The first-order valence-electron chi connectivity index (χ1n) is 7.68. The fourth-order valence-electron chi connectivity index (χ4n) is 1.90. The van der Waals surface area contributed by atoms with Crippen molar-refractivity contribution in [3.63, 3.8) is 0 Å². The van der Waals surface area contributed by atoms with Gasteiger partial charge in [-0.25, -0.2) is 4.39 Å². The largest absolute Gasteiger partial charge is 0.481 e. The molecule has 134 valence electrons. The minimum atomic E-state index is -0.752. The van der Waals surface area contributed by atoms with Gasteiger partial charge in [0.15, 0.2) is 0 Å². The van der Waals surface area contributed by atoms with E-state index < -0.39 is 5.97 Å². The molecule has 0 heterocycles. The summed E-state index contributed by atoms with van der Waals surface area (Å²) in [4.78, 5) is 21.0. The molecule has 0 aliphatic rings. The van der Waals surface area contributed by atoms with Gasteiger partial charge in [-0.3, -0.25) is 9.59 Å². The van der Waals surface area contributed by atoms with Gasteiger partial charge in [-0.15, -0.1) is 0 Å². The molecule has 0 aliphatic carbocycles. The van der Waals surface area contributed by atoms with E-state index >= 15 is 0 Å². The molecule has 0 saturated carbocycles. The van der Waals surface area contributed by atoms with E-state index in [-0.39, 0.29) is 18.2 Å². The number of ether oxygens (including phenoxy) is 1. The summed E-state index contributed by atoms with van der Waals surface area (Å²) in [7, 11) is 1.35. The first-order chi connectivity index (χ1) is 11.9. The van der Waals surface area contributed by atoms with Gasteiger partial charge in [-0.05, 0) is 48.2 Å². The van der Waals surface area contributed by atoms with Crippen LogP contribution >= 0.6 is 15.9 Å². The van der Waals surface area contributed by atoms with Gasteiger partial charge in [0.2, 0.25) is 0 Å². The van der Waals surface area contributed by atoms with Crippen LogP contribution in [0.3, 0.4) is 0 Å². The summed E-state index contributed by atoms with van der Waals surface area (Å²) >= 11 is 3.31. The minimum Gasteiger partial charge on any atom is -0.481 e. The van der Waals surface area contributed by atoms with Crippen LogP contribution in [0.25, 0.3) is 0 Å². The van der Waals surface area contributed by atoms with Gasteiger partial charge in [-0.2, -0.15) is 0 Å². The van der Waals surface area contributed by atoms with Gasteiger partial charge >= 0.3 is 11.9 Å². The van der Waals surface area contributed by atoms with Crippen LogP contribution in [-0.4, -0.2) is 24.2 Å². The second-order valence-electron chi connectivity index (χ2n) is 5.22. The van der Waals surface area contributed by atoms with Crippen molar-refractivity contribution in [1.82, 2.24) is 0 Å². The molecule has 0 bridgehead atoms. The van der Waals surface area contributed by atoms with Gasteiger partial charge in [0, 0.05) is 17.3 Å². The lowest BCUT2D eigenvalue weighted by Crippen LogP contribution is -2.01. The molecule has 0 spiro atoms. The summed E-state index contributed by atoms with van der Waals surface area (Å²) in [5.74, 6) is -1.26. The van der Waals surface area contributed by atoms with Crippen molar-refractivity contribution < 1.29 is 23.8 Å². The maximum absolute atomic E-state index is 12.5. The van der Waals surface area contributed by atoms with Crippen LogP contribution in [0, 0.1) is 5.82 Å². The monoisotopic (exact) mass is 410 g/mol. The Labute approximate surface area is 154 Å². The summed E-state index contributed by atoms with van der Waals surface area (Å²) in [5.41, 5.74) is 1.99. The number of hydrogen-bond acceptors (Lipinski definition) is 3. The fourth-order valence-corrected chi connectivity index (χ4v) is 2.17. The average Bonchev–Trinajstić information content (AvgIpc) is 2.61. The third kappa shape index (κ3) is 9.62. The van der Waals surface area contributed by atoms with Gasteiger partial charge in [-0.1, -0.05) is 40.2 Å². The number of rotatable bonds is 6. The number of benzene rings is 2. The van der Waals surface area contributed by atoms with Gasteiger partial charge < -0.3 is 9.84 Å². The molecule has 6 heteroatoms. The van der Waals surface area contributed by atoms with Crippen molar-refractivity contribution in [2.75, 3.05) is 7.11 Å². The molecule has 2 aromatic rings. The zero-order chi connectivity index (χ0) is 18.7. The van der Waals surface area contributed by atoms with Crippen LogP contribution in [0.4, 0.5) is 4.39 Å². The fraction of sp³-hybridized carbons (Fsp3) is 0.263. The second kappa shape index (κ2) is 11.4. The molecular weight excluding hydrogens is 391 g/mol. The van der Waals surface area contributed by atoms with E-state index in [1.54, 1.807) is 12.1 Å². The Morgan fingerprint density at radius 2 is 1.44 bits per heavy atom. The standard InChI is InChI=1S/C10H11FO2.C9H9BrO2/c1-13-10(12)7-4-8-2-5-9(11)6-3-8;10-8-4-1-7(2-5-8)3-6-9(11)12/h2-3,5-6H,4,7H2,1H3;1-2,4-5H,3,6H2,(H,11,12). The lowest BCUT2D eigenvalue weighted by atomic mass is 10.1. The van der Waals surface area contributed by atoms with Crippen LogP contribution in [0.1, 0.15) is 24.0 Å². The summed E-state index contributed by atoms with van der Waals surface area (Å²) in [6.45, 7) is 0. The maximum atomic E-state index is 12.5. The second-order valence-corrected chi connectivity index (χ2v) is 6.14. The molecule has 4 nitrogen and oxygen atoms in total. The van der Waals surface area contributed by atoms with Crippen LogP contribution in [-0.2, 0) is 27.2 Å². The summed E-state index contributed by atoms with van der Waals surface area (Å²) < 4.78 is 18.0. The van der Waals surface area contributed by atoms with Gasteiger partial charge in [0.25, 0.3) is 0 Å². The van der Waals surface area contributed by atoms with E-state index in [1.807, 2.05) is 24.3 Å². The molecule has 0 atom stereocenters. The van der Waals surface area contributed by atoms with Crippen LogP contribution < -0.4 is 0 Å². The van der Waals surface area contributed by atoms with Crippen molar-refractivity contribution >= 4 is 27.9 Å². The van der Waals surface area contributed by atoms with E-state index in [4.69, 9.17) is 5.11 Å². The van der Waals surface area contributed by atoms with Gasteiger partial charge in [0.05, 0.1) is 7.11 Å². The van der Waals surface area contributed by atoms with Crippen molar-refractivity contribution in [2.45, 2.75) is 25.7 Å². The van der Waals surface area contributed by atoms with Crippen LogP contribution in [0.15, 0.2) is 53.0 Å². The number of aliphatic carboxylic acids is 1. The molecule has 0 aromatic heterocycles. The Morgan fingerprint density at radius 3 is 1.92 bits per heavy atom. The molecule has 25 heavy (non-hydrogen) atoms. The number of aryl methyl sites for hydroxylation is 2. The number of esters is 1. The highest BCUT2D eigenvalue weighted by Gasteiger charge is 2.01. The molecule has 0 aliphatic heterocycles. The highest BCUT2D eigenvalue weighted by atomic mass is 79.9. The zero-order valence-electron chi connectivity index (χ0n) is 13.9. The van der Waals surface area contributed by atoms with Crippen molar-refractivity contribution in [3.05, 3.63) is 69.9 Å². The molecule has 0 amide bonds. The first-order valence-corrected chi connectivity index (χ1v) is 8.47. The third-order valence-electron chi connectivity index (χ3n) is 3.30. The van der Waals surface area contributed by atoms with E-state index in [9.17, 15) is 14.0 Å². The quantitative estimate of drug-likeness (QED) is 0.716. The molecule has 0 unspecified atom stereocenters. The zero-order valence-corrected chi connectivity index (χ0v) is 15.5. The molecule has 1 N–H and O–H groups in total. The highest BCUT2D eigenvalue weighted by Crippen LogP contribution is 2.11. The Kier molecular flexibility index (Phi) is 9.47. The summed E-state index contributed by atoms with van der Waals surface area (Å²) in [6, 6.07) is 13.8. The number of methoxy groups -OCH3 is 1. The number of carbonyl (C=O) groups excluding carboxylic acids is 1. The predicted molar refractivity (Wildman–Crippen MR) is 96.8 cm³/mol. The predicted octanol–water partition coefficient (Wildman–Crippen LogP) is 4.40. The smallest absolute Gasteiger partial charge is 0.305 e. The Balaban J connectivity index is 0.000000251. The molecular formula is C19H20BrFO4. The molecule has 0 radical (unpaired) electrons. The van der Waals surface area contributed by atoms with Crippen molar-refractivity contribution in [3.8, 4) is 0 Å². The number of halogens is 2. The maximum Gasteiger partial charge on any atom is 0.305 e. The van der Waals surface area contributed by atoms with Gasteiger partial charge in [0.1, 0.15) is 5.82 Å².